The lowest BCUT2D eigenvalue weighted by molar-refractivity contribution is -0.135. The van der Waals surface area contributed by atoms with Crippen molar-refractivity contribution in [1.29, 1.82) is 0 Å². The van der Waals surface area contributed by atoms with Crippen molar-refractivity contribution in [3.05, 3.63) is 35.9 Å². The molecule has 9 nitrogen and oxygen atoms in total. The smallest absolute Gasteiger partial charge is 0.242 e. The molecule has 2 rings (SSSR count). The van der Waals surface area contributed by atoms with Crippen molar-refractivity contribution in [2.24, 2.45) is 17.2 Å². The van der Waals surface area contributed by atoms with E-state index in [1.807, 2.05) is 30.3 Å². The molecule has 1 unspecified atom stereocenters. The number of nitrogens with zero attached hydrogens (tertiary/aromatic N) is 1. The summed E-state index contributed by atoms with van der Waals surface area (Å²) in [5.74, 6) is -0.957. The molecule has 38 heavy (non-hydrogen) atoms. The van der Waals surface area contributed by atoms with Crippen molar-refractivity contribution in [2.75, 3.05) is 26.2 Å². The van der Waals surface area contributed by atoms with Gasteiger partial charge in [-0.25, -0.2) is 0 Å². The third-order valence-corrected chi connectivity index (χ3v) is 7.28. The Balaban J connectivity index is 2.03. The van der Waals surface area contributed by atoms with E-state index in [1.54, 1.807) is 0 Å². The van der Waals surface area contributed by atoms with Crippen molar-refractivity contribution in [1.82, 2.24) is 15.5 Å². The van der Waals surface area contributed by atoms with Crippen LogP contribution in [0.4, 0.5) is 0 Å². The normalized spacial score (nSPS) is 17.0. The van der Waals surface area contributed by atoms with Crippen LogP contribution in [0.1, 0.15) is 82.6 Å². The summed E-state index contributed by atoms with van der Waals surface area (Å²) >= 11 is 0. The Morgan fingerprint density at radius 2 is 1.39 bits per heavy atom. The van der Waals surface area contributed by atoms with Gasteiger partial charge in [0.15, 0.2) is 0 Å². The fraction of sp³-hybridized carbons (Fsp3) is 0.690. The average molecular weight is 531 g/mol. The van der Waals surface area contributed by atoms with E-state index in [2.05, 4.69) is 10.6 Å². The zero-order valence-corrected chi connectivity index (χ0v) is 23.0. The van der Waals surface area contributed by atoms with Crippen molar-refractivity contribution in [3.8, 4) is 0 Å². The molecule has 1 saturated carbocycles. The molecule has 1 fully saturated rings. The second-order valence-corrected chi connectivity index (χ2v) is 10.5. The number of aryl methyl sites for hydroxylation is 1. The predicted molar refractivity (Wildman–Crippen MR) is 152 cm³/mol. The Morgan fingerprint density at radius 1 is 0.842 bits per heavy atom. The van der Waals surface area contributed by atoms with Gasteiger partial charge in [-0.2, -0.15) is 0 Å². The lowest BCUT2D eigenvalue weighted by Crippen LogP contribution is -2.54. The van der Waals surface area contributed by atoms with E-state index in [4.69, 9.17) is 17.2 Å². The van der Waals surface area contributed by atoms with Crippen molar-refractivity contribution < 1.29 is 14.4 Å². The molecule has 0 spiro atoms. The first-order valence-corrected chi connectivity index (χ1v) is 14.5. The van der Waals surface area contributed by atoms with Crippen LogP contribution in [-0.4, -0.2) is 66.9 Å². The van der Waals surface area contributed by atoms with Gasteiger partial charge in [0, 0.05) is 32.2 Å². The first kappa shape index (κ1) is 31.7. The van der Waals surface area contributed by atoms with Crippen LogP contribution in [0.25, 0.3) is 0 Å². The molecule has 0 radical (unpaired) electrons. The number of benzene rings is 1. The van der Waals surface area contributed by atoms with Gasteiger partial charge < -0.3 is 32.7 Å². The molecule has 1 aliphatic carbocycles. The SMILES string of the molecule is NCCN(CCN)C(=O)CC(N)C(=O)N[C@@H](CCc1ccccc1)C(=O)NC1CCCCCCCCCC1. The van der Waals surface area contributed by atoms with Gasteiger partial charge in [0.05, 0.1) is 12.5 Å². The zero-order valence-electron chi connectivity index (χ0n) is 23.0. The number of hydrogen-bond donors (Lipinski definition) is 5. The number of rotatable bonds is 13. The summed E-state index contributed by atoms with van der Waals surface area (Å²) in [5.41, 5.74) is 18.4. The maximum absolute atomic E-state index is 13.4. The van der Waals surface area contributed by atoms with Gasteiger partial charge in [0.25, 0.3) is 0 Å². The fourth-order valence-corrected chi connectivity index (χ4v) is 5.02. The number of nitrogens with one attached hydrogen (secondary N) is 2. The van der Waals surface area contributed by atoms with Gasteiger partial charge in [-0.15, -0.1) is 0 Å². The number of hydrogen-bond acceptors (Lipinski definition) is 6. The van der Waals surface area contributed by atoms with Crippen LogP contribution in [-0.2, 0) is 20.8 Å². The van der Waals surface area contributed by atoms with Gasteiger partial charge in [0.1, 0.15) is 6.04 Å². The number of nitrogens with two attached hydrogens (primary N) is 3. The first-order valence-electron chi connectivity index (χ1n) is 14.5. The highest BCUT2D eigenvalue weighted by Gasteiger charge is 2.27. The maximum Gasteiger partial charge on any atom is 0.242 e. The molecule has 0 heterocycles. The third kappa shape index (κ3) is 12.4. The molecule has 3 amide bonds. The largest absolute Gasteiger partial charge is 0.352 e. The Morgan fingerprint density at radius 3 is 1.95 bits per heavy atom. The summed E-state index contributed by atoms with van der Waals surface area (Å²) in [6, 6.07) is 8.20. The molecule has 0 aliphatic heterocycles. The highest BCUT2D eigenvalue weighted by atomic mass is 16.2. The van der Waals surface area contributed by atoms with Crippen LogP contribution in [0.15, 0.2) is 30.3 Å². The van der Waals surface area contributed by atoms with Gasteiger partial charge in [-0.05, 0) is 31.2 Å². The second kappa shape index (κ2) is 18.7. The van der Waals surface area contributed by atoms with Gasteiger partial charge in [0.2, 0.25) is 17.7 Å². The van der Waals surface area contributed by atoms with E-state index < -0.39 is 18.0 Å². The van der Waals surface area contributed by atoms with Crippen LogP contribution in [0, 0.1) is 0 Å². The Bertz CT molecular complexity index is 804. The second-order valence-electron chi connectivity index (χ2n) is 10.5. The number of carbonyl (C=O) groups excluding carboxylic acids is 3. The molecule has 0 bridgehead atoms. The molecule has 0 aromatic heterocycles. The third-order valence-electron chi connectivity index (χ3n) is 7.28. The number of carbonyl (C=O) groups is 3. The Hall–Kier alpha value is -2.49. The topological polar surface area (TPSA) is 157 Å². The fourth-order valence-electron chi connectivity index (χ4n) is 5.02. The predicted octanol–water partition coefficient (Wildman–Crippen LogP) is 1.97. The zero-order chi connectivity index (χ0) is 27.6. The maximum atomic E-state index is 13.4. The summed E-state index contributed by atoms with van der Waals surface area (Å²) in [4.78, 5) is 40.6. The van der Waals surface area contributed by atoms with Crippen LogP contribution in [0.5, 0.6) is 0 Å². The van der Waals surface area contributed by atoms with Crippen LogP contribution >= 0.6 is 0 Å². The molecule has 1 aliphatic rings. The van der Waals surface area contributed by atoms with E-state index in [0.29, 0.717) is 39.0 Å². The molecule has 0 saturated heterocycles. The Labute approximate surface area is 228 Å². The van der Waals surface area contributed by atoms with Crippen LogP contribution < -0.4 is 27.8 Å². The summed E-state index contributed by atoms with van der Waals surface area (Å²) in [6.45, 7) is 1.31. The number of amides is 3. The van der Waals surface area contributed by atoms with Gasteiger partial charge >= 0.3 is 0 Å². The summed E-state index contributed by atoms with van der Waals surface area (Å²) < 4.78 is 0. The molecular weight excluding hydrogens is 480 g/mol. The van der Waals surface area contributed by atoms with E-state index in [9.17, 15) is 14.4 Å². The van der Waals surface area contributed by atoms with Crippen LogP contribution in [0.3, 0.4) is 0 Å². The highest BCUT2D eigenvalue weighted by molar-refractivity contribution is 5.92. The van der Waals surface area contributed by atoms with Gasteiger partial charge in [-0.3, -0.25) is 14.4 Å². The molecule has 8 N–H and O–H groups in total. The quantitative estimate of drug-likeness (QED) is 0.262. The van der Waals surface area contributed by atoms with E-state index in [-0.39, 0.29) is 24.3 Å². The van der Waals surface area contributed by atoms with E-state index in [1.165, 1.54) is 43.4 Å². The summed E-state index contributed by atoms with van der Waals surface area (Å²) in [7, 11) is 0. The molecule has 214 valence electrons. The summed E-state index contributed by atoms with van der Waals surface area (Å²) in [6.07, 6.45) is 12.5. The molecule has 1 aromatic carbocycles. The van der Waals surface area contributed by atoms with Crippen molar-refractivity contribution in [2.45, 2.75) is 102 Å². The minimum Gasteiger partial charge on any atom is -0.352 e. The minimum absolute atomic E-state index is 0.105. The Kier molecular flexibility index (Phi) is 15.6. The molecular formula is C29H50N6O3. The van der Waals surface area contributed by atoms with E-state index >= 15 is 0 Å². The monoisotopic (exact) mass is 530 g/mol. The minimum atomic E-state index is -1.06. The summed E-state index contributed by atoms with van der Waals surface area (Å²) in [5, 5.41) is 6.08. The molecule has 1 aromatic rings. The highest BCUT2D eigenvalue weighted by Crippen LogP contribution is 2.17. The van der Waals surface area contributed by atoms with Crippen molar-refractivity contribution in [3.63, 3.8) is 0 Å². The lowest BCUT2D eigenvalue weighted by atomic mass is 10.0. The van der Waals surface area contributed by atoms with Crippen molar-refractivity contribution >= 4 is 17.7 Å². The average Bonchev–Trinajstić information content (AvgIpc) is 2.97. The first-order chi connectivity index (χ1) is 18.4. The molecule has 9 heteroatoms. The lowest BCUT2D eigenvalue weighted by Gasteiger charge is -2.26. The molecule has 2 atom stereocenters. The van der Waals surface area contributed by atoms with Gasteiger partial charge in [-0.1, -0.05) is 81.7 Å². The van der Waals surface area contributed by atoms with Crippen LogP contribution in [0.2, 0.25) is 0 Å². The standard InChI is InChI=1S/C29H50N6O3/c30-18-20-35(21-19-31)27(36)22-25(32)28(37)34-26(17-16-23-12-8-7-9-13-23)29(38)33-24-14-10-5-3-1-2-4-6-11-15-24/h7-9,12-13,24-26H,1-6,10-11,14-22,30-32H2,(H,33,38)(H,34,37)/t25?,26-/m0/s1. The van der Waals surface area contributed by atoms with E-state index in [0.717, 1.165) is 31.2 Å².